The van der Waals surface area contributed by atoms with Crippen LogP contribution in [0.3, 0.4) is 0 Å². The summed E-state index contributed by atoms with van der Waals surface area (Å²) < 4.78 is 5.47. The molecular weight excluding hydrogens is 248 g/mol. The van der Waals surface area contributed by atoms with E-state index in [1.54, 1.807) is 6.07 Å². The maximum absolute atomic E-state index is 11.2. The van der Waals surface area contributed by atoms with Crippen LogP contribution in [-0.4, -0.2) is 22.0 Å². The van der Waals surface area contributed by atoms with Crippen LogP contribution in [0.25, 0.3) is 11.1 Å². The number of aliphatic carboxylic acids is 1. The lowest BCUT2D eigenvalue weighted by Crippen LogP contribution is -2.27. The minimum atomic E-state index is -1.07. The van der Waals surface area contributed by atoms with Crippen LogP contribution in [0.1, 0.15) is 17.9 Å². The highest BCUT2D eigenvalue weighted by molar-refractivity contribution is 5.82. The molecule has 2 aromatic rings. The molecule has 1 unspecified atom stereocenters. The molecule has 2 rings (SSSR count). The third-order valence-corrected chi connectivity index (χ3v) is 2.83. The Bertz CT molecular complexity index is 633. The molecular formula is C13H14N2O4. The van der Waals surface area contributed by atoms with Gasteiger partial charge in [-0.3, -0.25) is 9.59 Å². The van der Waals surface area contributed by atoms with E-state index in [0.29, 0.717) is 17.0 Å². The molecule has 3 N–H and O–H groups in total. The third kappa shape index (κ3) is 3.09. The highest BCUT2D eigenvalue weighted by atomic mass is 16.4. The van der Waals surface area contributed by atoms with Crippen molar-refractivity contribution in [1.82, 2.24) is 4.98 Å². The average Bonchev–Trinajstić information content (AvgIpc) is 2.68. The molecule has 1 aromatic heterocycles. The molecule has 19 heavy (non-hydrogen) atoms. The molecule has 6 heteroatoms. The zero-order valence-corrected chi connectivity index (χ0v) is 10.4. The maximum Gasteiger partial charge on any atom is 0.304 e. The molecule has 100 valence electrons. The molecule has 0 bridgehead atoms. The van der Waals surface area contributed by atoms with Crippen molar-refractivity contribution in [2.75, 3.05) is 0 Å². The second kappa shape index (κ2) is 5.09. The molecule has 0 fully saturated rings. The number of nitrogens with two attached hydrogens (primary N) is 1. The van der Waals surface area contributed by atoms with E-state index < -0.39 is 17.8 Å². The van der Waals surface area contributed by atoms with Gasteiger partial charge in [-0.25, -0.2) is 4.98 Å². The Balaban J connectivity index is 2.23. The van der Waals surface area contributed by atoms with E-state index in [0.717, 1.165) is 5.56 Å². The molecule has 6 nitrogen and oxygen atoms in total. The van der Waals surface area contributed by atoms with E-state index >= 15 is 0 Å². The fraction of sp³-hybridized carbons (Fsp3) is 0.308. The summed E-state index contributed by atoms with van der Waals surface area (Å²) in [6.07, 6.45) is -0.234. The molecule has 0 saturated carbocycles. The molecule has 0 aliphatic carbocycles. The summed E-state index contributed by atoms with van der Waals surface area (Å²) >= 11 is 0. The average molecular weight is 262 g/mol. The Kier molecular flexibility index (Phi) is 3.50. The van der Waals surface area contributed by atoms with Crippen LogP contribution < -0.4 is 5.73 Å². The Morgan fingerprint density at radius 3 is 2.84 bits per heavy atom. The molecule has 1 aromatic carbocycles. The number of primary amides is 1. The van der Waals surface area contributed by atoms with Crippen molar-refractivity contribution in [3.05, 3.63) is 29.7 Å². The largest absolute Gasteiger partial charge is 0.481 e. The van der Waals surface area contributed by atoms with Gasteiger partial charge in [-0.2, -0.15) is 0 Å². The third-order valence-electron chi connectivity index (χ3n) is 2.83. The quantitative estimate of drug-likeness (QED) is 0.843. The van der Waals surface area contributed by atoms with E-state index in [4.69, 9.17) is 15.3 Å². The van der Waals surface area contributed by atoms with Gasteiger partial charge in [0.25, 0.3) is 0 Å². The lowest BCUT2D eigenvalue weighted by molar-refractivity contribution is -0.140. The minimum Gasteiger partial charge on any atom is -0.481 e. The van der Waals surface area contributed by atoms with Crippen molar-refractivity contribution in [2.24, 2.45) is 11.7 Å². The van der Waals surface area contributed by atoms with Crippen molar-refractivity contribution in [2.45, 2.75) is 19.8 Å². The summed E-state index contributed by atoms with van der Waals surface area (Å²) in [5, 5.41) is 8.73. The normalized spacial score (nSPS) is 12.5. The summed E-state index contributed by atoms with van der Waals surface area (Å²) in [5.41, 5.74) is 7.52. The second-order valence-electron chi connectivity index (χ2n) is 4.48. The van der Waals surface area contributed by atoms with E-state index in [2.05, 4.69) is 4.98 Å². The number of rotatable bonds is 5. The first-order valence-corrected chi connectivity index (χ1v) is 5.83. The molecule has 1 amide bonds. The minimum absolute atomic E-state index is 0.0926. The van der Waals surface area contributed by atoms with Crippen LogP contribution in [0.2, 0.25) is 0 Å². The Labute approximate surface area is 109 Å². The summed E-state index contributed by atoms with van der Waals surface area (Å²) in [6, 6.07) is 5.54. The van der Waals surface area contributed by atoms with Gasteiger partial charge in [0, 0.05) is 6.42 Å². The Morgan fingerprint density at radius 2 is 2.21 bits per heavy atom. The zero-order chi connectivity index (χ0) is 14.0. The Morgan fingerprint density at radius 1 is 1.47 bits per heavy atom. The number of aryl methyl sites for hydroxylation is 1. The van der Waals surface area contributed by atoms with Crippen molar-refractivity contribution < 1.29 is 19.1 Å². The topological polar surface area (TPSA) is 106 Å². The lowest BCUT2D eigenvalue weighted by atomic mass is 10.0. The lowest BCUT2D eigenvalue weighted by Gasteiger charge is -2.07. The summed E-state index contributed by atoms with van der Waals surface area (Å²) in [5.74, 6) is -2.23. The number of amides is 1. The van der Waals surface area contributed by atoms with Crippen LogP contribution in [-0.2, 0) is 16.0 Å². The number of benzene rings is 1. The predicted molar refractivity (Wildman–Crippen MR) is 67.4 cm³/mol. The van der Waals surface area contributed by atoms with E-state index in [1.807, 2.05) is 19.1 Å². The standard InChI is InChI=1S/C13H14N2O4/c1-7-2-3-10-9(4-7)15-11(19-10)5-8(13(14)18)6-12(16)17/h2-4,8H,5-6H2,1H3,(H2,14,18)(H,16,17). The van der Waals surface area contributed by atoms with Gasteiger partial charge in [0.05, 0.1) is 12.3 Å². The van der Waals surface area contributed by atoms with E-state index in [-0.39, 0.29) is 12.8 Å². The predicted octanol–water partition coefficient (Wildman–Crippen LogP) is 1.25. The number of carbonyl (C=O) groups is 2. The highest BCUT2D eigenvalue weighted by Gasteiger charge is 2.22. The van der Waals surface area contributed by atoms with Gasteiger partial charge in [0.1, 0.15) is 5.52 Å². The molecule has 0 radical (unpaired) electrons. The molecule has 0 aliphatic heterocycles. The number of nitrogens with zero attached hydrogens (tertiary/aromatic N) is 1. The number of carboxylic acids is 1. The number of aromatic nitrogens is 1. The van der Waals surface area contributed by atoms with Gasteiger partial charge in [-0.05, 0) is 24.6 Å². The van der Waals surface area contributed by atoms with Gasteiger partial charge in [0.15, 0.2) is 11.5 Å². The number of oxazole rings is 1. The van der Waals surface area contributed by atoms with E-state index in [9.17, 15) is 9.59 Å². The van der Waals surface area contributed by atoms with E-state index in [1.165, 1.54) is 0 Å². The van der Waals surface area contributed by atoms with Crippen molar-refractivity contribution in [3.63, 3.8) is 0 Å². The monoisotopic (exact) mass is 262 g/mol. The van der Waals surface area contributed by atoms with Crippen molar-refractivity contribution in [3.8, 4) is 0 Å². The zero-order valence-electron chi connectivity index (χ0n) is 10.4. The number of carbonyl (C=O) groups excluding carboxylic acids is 1. The molecule has 0 spiro atoms. The Hall–Kier alpha value is -2.37. The fourth-order valence-electron chi connectivity index (χ4n) is 1.87. The van der Waals surface area contributed by atoms with Crippen LogP contribution in [0.5, 0.6) is 0 Å². The first-order chi connectivity index (χ1) is 8.95. The highest BCUT2D eigenvalue weighted by Crippen LogP contribution is 2.20. The number of hydrogen-bond acceptors (Lipinski definition) is 4. The SMILES string of the molecule is Cc1ccc2oc(CC(CC(=O)O)C(N)=O)nc2c1. The smallest absolute Gasteiger partial charge is 0.304 e. The first kappa shape index (κ1) is 13.1. The summed E-state index contributed by atoms with van der Waals surface area (Å²) in [7, 11) is 0. The molecule has 0 saturated heterocycles. The number of fused-ring (bicyclic) bond motifs is 1. The molecule has 1 atom stereocenters. The number of carboxylic acid groups (broad SMARTS) is 1. The van der Waals surface area contributed by atoms with Crippen LogP contribution in [0, 0.1) is 12.8 Å². The first-order valence-electron chi connectivity index (χ1n) is 5.83. The van der Waals surface area contributed by atoms with Gasteiger partial charge >= 0.3 is 5.97 Å². The second-order valence-corrected chi connectivity index (χ2v) is 4.48. The maximum atomic E-state index is 11.2. The van der Waals surface area contributed by atoms with Crippen LogP contribution >= 0.6 is 0 Å². The van der Waals surface area contributed by atoms with Gasteiger partial charge in [0.2, 0.25) is 5.91 Å². The molecule has 0 aliphatic rings. The van der Waals surface area contributed by atoms with Crippen LogP contribution in [0.15, 0.2) is 22.6 Å². The van der Waals surface area contributed by atoms with Crippen molar-refractivity contribution >= 4 is 23.0 Å². The van der Waals surface area contributed by atoms with Gasteiger partial charge in [-0.1, -0.05) is 6.07 Å². The summed E-state index contributed by atoms with van der Waals surface area (Å²) in [6.45, 7) is 1.93. The summed E-state index contributed by atoms with van der Waals surface area (Å²) in [4.78, 5) is 26.1. The van der Waals surface area contributed by atoms with Gasteiger partial charge in [-0.15, -0.1) is 0 Å². The van der Waals surface area contributed by atoms with Crippen LogP contribution in [0.4, 0.5) is 0 Å². The molecule has 1 heterocycles. The number of hydrogen-bond donors (Lipinski definition) is 2. The fourth-order valence-corrected chi connectivity index (χ4v) is 1.87. The van der Waals surface area contributed by atoms with Crippen molar-refractivity contribution in [1.29, 1.82) is 0 Å². The van der Waals surface area contributed by atoms with Gasteiger partial charge < -0.3 is 15.3 Å².